The van der Waals surface area contributed by atoms with Crippen molar-refractivity contribution in [3.8, 4) is 0 Å². The summed E-state index contributed by atoms with van der Waals surface area (Å²) in [6.45, 7) is 2.34. The van der Waals surface area contributed by atoms with Gasteiger partial charge in [-0.25, -0.2) is 0 Å². The summed E-state index contributed by atoms with van der Waals surface area (Å²) in [5.41, 5.74) is 0. The molecule has 3 heterocycles. The van der Waals surface area contributed by atoms with E-state index < -0.39 is 5.97 Å². The lowest BCUT2D eigenvalue weighted by Crippen LogP contribution is -2.32. The number of carbonyl (C=O) groups is 1. The Morgan fingerprint density at radius 1 is 1.53 bits per heavy atom. The number of hydrogen-bond acceptors (Lipinski definition) is 5. The average Bonchev–Trinajstić information content (AvgIpc) is 2.95. The van der Waals surface area contributed by atoms with Crippen LogP contribution in [0, 0.1) is 12.8 Å². The average molecular weight is 237 g/mol. The van der Waals surface area contributed by atoms with Crippen LogP contribution in [0.2, 0.25) is 0 Å². The van der Waals surface area contributed by atoms with Gasteiger partial charge in [0.2, 0.25) is 11.8 Å². The van der Waals surface area contributed by atoms with Crippen molar-refractivity contribution in [3.05, 3.63) is 11.8 Å². The lowest BCUT2D eigenvalue weighted by atomic mass is 9.89. The summed E-state index contributed by atoms with van der Waals surface area (Å²) in [6, 6.07) is 0.512. The third-order valence-electron chi connectivity index (χ3n) is 3.88. The molecule has 2 saturated heterocycles. The summed E-state index contributed by atoms with van der Waals surface area (Å²) in [6.07, 6.45) is 2.81. The highest BCUT2D eigenvalue weighted by Crippen LogP contribution is 2.42. The number of rotatable bonds is 3. The minimum atomic E-state index is -0.677. The van der Waals surface area contributed by atoms with Crippen LogP contribution in [0.25, 0.3) is 0 Å². The molecule has 6 heteroatoms. The van der Waals surface area contributed by atoms with E-state index >= 15 is 0 Å². The molecule has 1 aromatic rings. The molecule has 6 nitrogen and oxygen atoms in total. The molecule has 3 rings (SSSR count). The number of nitrogens with zero attached hydrogens (tertiary/aromatic N) is 3. The molecule has 0 spiro atoms. The molecule has 0 amide bonds. The Morgan fingerprint density at radius 3 is 2.94 bits per heavy atom. The van der Waals surface area contributed by atoms with Crippen molar-refractivity contribution in [1.29, 1.82) is 0 Å². The Morgan fingerprint density at radius 2 is 2.35 bits per heavy atom. The van der Waals surface area contributed by atoms with E-state index in [0.29, 0.717) is 24.4 Å². The van der Waals surface area contributed by atoms with Crippen LogP contribution in [0.15, 0.2) is 4.42 Å². The van der Waals surface area contributed by atoms with Crippen molar-refractivity contribution in [2.75, 3.05) is 0 Å². The number of aromatic nitrogens is 2. The first-order valence-corrected chi connectivity index (χ1v) is 5.92. The molecule has 2 aliphatic heterocycles. The second-order valence-corrected chi connectivity index (χ2v) is 4.87. The largest absolute Gasteiger partial charge is 0.481 e. The maximum absolute atomic E-state index is 11.1. The molecule has 2 aliphatic rings. The fourth-order valence-corrected chi connectivity index (χ4v) is 3.17. The van der Waals surface area contributed by atoms with E-state index in [9.17, 15) is 4.79 Å². The molecule has 17 heavy (non-hydrogen) atoms. The Hall–Kier alpha value is -1.43. The second kappa shape index (κ2) is 3.80. The highest BCUT2D eigenvalue weighted by Gasteiger charge is 2.49. The fourth-order valence-electron chi connectivity index (χ4n) is 3.17. The zero-order valence-electron chi connectivity index (χ0n) is 9.67. The molecule has 3 unspecified atom stereocenters. The van der Waals surface area contributed by atoms with E-state index in [0.717, 1.165) is 19.3 Å². The van der Waals surface area contributed by atoms with Crippen LogP contribution in [0.4, 0.5) is 0 Å². The first-order chi connectivity index (χ1) is 8.15. The topological polar surface area (TPSA) is 79.5 Å². The molecule has 0 saturated carbocycles. The van der Waals surface area contributed by atoms with Crippen LogP contribution < -0.4 is 0 Å². The SMILES string of the molecule is Cc1nnc(CN2C3CCC2C(C(=O)O)C3)o1. The van der Waals surface area contributed by atoms with Gasteiger partial charge in [-0.2, -0.15) is 0 Å². The number of carboxylic acid groups (broad SMARTS) is 1. The normalized spacial score (nSPS) is 32.2. The van der Waals surface area contributed by atoms with Crippen LogP contribution in [-0.4, -0.2) is 38.3 Å². The summed E-state index contributed by atoms with van der Waals surface area (Å²) in [5.74, 6) is 0.244. The first-order valence-electron chi connectivity index (χ1n) is 5.92. The highest BCUT2D eigenvalue weighted by atomic mass is 16.4. The van der Waals surface area contributed by atoms with Gasteiger partial charge in [-0.1, -0.05) is 0 Å². The number of aliphatic carboxylic acids is 1. The maximum atomic E-state index is 11.1. The summed E-state index contributed by atoms with van der Waals surface area (Å²) in [5, 5.41) is 16.9. The fraction of sp³-hybridized carbons (Fsp3) is 0.727. The lowest BCUT2D eigenvalue weighted by molar-refractivity contribution is -0.142. The van der Waals surface area contributed by atoms with Gasteiger partial charge < -0.3 is 9.52 Å². The van der Waals surface area contributed by atoms with Crippen molar-refractivity contribution in [2.45, 2.75) is 44.8 Å². The maximum Gasteiger partial charge on any atom is 0.308 e. The second-order valence-electron chi connectivity index (χ2n) is 4.87. The van der Waals surface area contributed by atoms with E-state index in [2.05, 4.69) is 15.1 Å². The molecule has 0 aliphatic carbocycles. The molecule has 0 radical (unpaired) electrons. The minimum absolute atomic E-state index is 0.143. The van der Waals surface area contributed by atoms with E-state index in [1.54, 1.807) is 6.92 Å². The third-order valence-corrected chi connectivity index (χ3v) is 3.88. The molecular formula is C11H15N3O3. The molecule has 0 aromatic carbocycles. The van der Waals surface area contributed by atoms with Gasteiger partial charge in [0, 0.05) is 19.0 Å². The Kier molecular flexibility index (Phi) is 2.39. The summed E-state index contributed by atoms with van der Waals surface area (Å²) in [4.78, 5) is 13.3. The van der Waals surface area contributed by atoms with Crippen LogP contribution in [-0.2, 0) is 11.3 Å². The predicted molar refractivity (Wildman–Crippen MR) is 57.1 cm³/mol. The third kappa shape index (κ3) is 1.72. The van der Waals surface area contributed by atoms with E-state index in [1.807, 2.05) is 0 Å². The van der Waals surface area contributed by atoms with Crippen molar-refractivity contribution in [1.82, 2.24) is 15.1 Å². The molecule has 2 fully saturated rings. The van der Waals surface area contributed by atoms with Gasteiger partial charge in [-0.15, -0.1) is 10.2 Å². The van der Waals surface area contributed by atoms with Crippen molar-refractivity contribution >= 4 is 5.97 Å². The standard InChI is InChI=1S/C11H15N3O3/c1-6-12-13-10(17-6)5-14-7-2-3-9(14)8(4-7)11(15)16/h7-9H,2-5H2,1H3,(H,15,16). The quantitative estimate of drug-likeness (QED) is 0.838. The van der Waals surface area contributed by atoms with Crippen molar-refractivity contribution in [3.63, 3.8) is 0 Å². The molecule has 1 N–H and O–H groups in total. The molecular weight excluding hydrogens is 222 g/mol. The molecule has 1 aromatic heterocycles. The number of hydrogen-bond donors (Lipinski definition) is 1. The summed E-state index contributed by atoms with van der Waals surface area (Å²) >= 11 is 0. The van der Waals surface area contributed by atoms with Crippen molar-refractivity contribution in [2.24, 2.45) is 5.92 Å². The number of fused-ring (bicyclic) bond motifs is 2. The lowest BCUT2D eigenvalue weighted by Gasteiger charge is -2.20. The van der Waals surface area contributed by atoms with Gasteiger partial charge in [-0.05, 0) is 19.3 Å². The highest BCUT2D eigenvalue weighted by molar-refractivity contribution is 5.71. The Bertz CT molecular complexity index is 445. The molecule has 92 valence electrons. The summed E-state index contributed by atoms with van der Waals surface area (Å²) < 4.78 is 5.35. The smallest absolute Gasteiger partial charge is 0.308 e. The van der Waals surface area contributed by atoms with Gasteiger partial charge in [-0.3, -0.25) is 9.69 Å². The number of aryl methyl sites for hydroxylation is 1. The Labute approximate surface area is 98.6 Å². The van der Waals surface area contributed by atoms with Gasteiger partial charge in [0.05, 0.1) is 12.5 Å². The van der Waals surface area contributed by atoms with E-state index in [4.69, 9.17) is 9.52 Å². The van der Waals surface area contributed by atoms with Gasteiger partial charge in [0.25, 0.3) is 0 Å². The summed E-state index contributed by atoms with van der Waals surface area (Å²) in [7, 11) is 0. The van der Waals surface area contributed by atoms with Gasteiger partial charge in [0.1, 0.15) is 0 Å². The zero-order valence-corrected chi connectivity index (χ0v) is 9.67. The van der Waals surface area contributed by atoms with Crippen molar-refractivity contribution < 1.29 is 14.3 Å². The van der Waals surface area contributed by atoms with Gasteiger partial charge in [0.15, 0.2) is 0 Å². The van der Waals surface area contributed by atoms with E-state index in [-0.39, 0.29) is 12.0 Å². The van der Waals surface area contributed by atoms with Gasteiger partial charge >= 0.3 is 5.97 Å². The van der Waals surface area contributed by atoms with Crippen LogP contribution in [0.5, 0.6) is 0 Å². The molecule has 3 atom stereocenters. The first kappa shape index (κ1) is 10.7. The molecule has 2 bridgehead atoms. The van der Waals surface area contributed by atoms with Crippen LogP contribution in [0.3, 0.4) is 0 Å². The zero-order chi connectivity index (χ0) is 12.0. The van der Waals surface area contributed by atoms with Crippen LogP contribution in [0.1, 0.15) is 31.0 Å². The minimum Gasteiger partial charge on any atom is -0.481 e. The number of carboxylic acids is 1. The van der Waals surface area contributed by atoms with Crippen LogP contribution >= 0.6 is 0 Å². The Balaban J connectivity index is 1.75. The van der Waals surface area contributed by atoms with E-state index in [1.165, 1.54) is 0 Å². The monoisotopic (exact) mass is 237 g/mol. The predicted octanol–water partition coefficient (Wildman–Crippen LogP) is 0.816.